The summed E-state index contributed by atoms with van der Waals surface area (Å²) in [5.41, 5.74) is 1.82. The maximum absolute atomic E-state index is 12.7. The van der Waals surface area contributed by atoms with E-state index in [-0.39, 0.29) is 5.91 Å². The zero-order chi connectivity index (χ0) is 18.6. The number of nitrogens with zero attached hydrogens (tertiary/aromatic N) is 1. The SMILES string of the molecule is C[C@@H]1CCCN(C(=O)c2ccc(COc3cccc4ccccc34)cc2)C1. The number of hydrogen-bond acceptors (Lipinski definition) is 2. The smallest absolute Gasteiger partial charge is 0.253 e. The second-order valence-corrected chi connectivity index (χ2v) is 7.46. The molecule has 1 aliphatic heterocycles. The summed E-state index contributed by atoms with van der Waals surface area (Å²) in [5.74, 6) is 1.62. The Balaban J connectivity index is 1.42. The van der Waals surface area contributed by atoms with E-state index in [2.05, 4.69) is 25.1 Å². The lowest BCUT2D eigenvalue weighted by Crippen LogP contribution is -2.39. The number of carbonyl (C=O) groups excluding carboxylic acids is 1. The van der Waals surface area contributed by atoms with Crippen molar-refractivity contribution in [2.75, 3.05) is 13.1 Å². The van der Waals surface area contributed by atoms with E-state index in [1.807, 2.05) is 53.4 Å². The Kier molecular flexibility index (Phi) is 5.10. The van der Waals surface area contributed by atoms with Gasteiger partial charge < -0.3 is 9.64 Å². The fourth-order valence-corrected chi connectivity index (χ4v) is 3.78. The van der Waals surface area contributed by atoms with Gasteiger partial charge in [-0.3, -0.25) is 4.79 Å². The first kappa shape index (κ1) is 17.6. The van der Waals surface area contributed by atoms with Gasteiger partial charge >= 0.3 is 0 Å². The summed E-state index contributed by atoms with van der Waals surface area (Å²) in [4.78, 5) is 14.7. The van der Waals surface area contributed by atoms with Gasteiger partial charge in [-0.2, -0.15) is 0 Å². The number of carbonyl (C=O) groups is 1. The van der Waals surface area contributed by atoms with Crippen LogP contribution < -0.4 is 4.74 Å². The molecule has 1 atom stereocenters. The van der Waals surface area contributed by atoms with Gasteiger partial charge in [-0.1, -0.05) is 55.5 Å². The Morgan fingerprint density at radius 1 is 1.04 bits per heavy atom. The molecule has 1 fully saturated rings. The van der Waals surface area contributed by atoms with Gasteiger partial charge in [-0.25, -0.2) is 0 Å². The summed E-state index contributed by atoms with van der Waals surface area (Å²) in [6, 6.07) is 22.1. The summed E-state index contributed by atoms with van der Waals surface area (Å²) >= 11 is 0. The largest absolute Gasteiger partial charge is 0.488 e. The Morgan fingerprint density at radius 3 is 2.63 bits per heavy atom. The van der Waals surface area contributed by atoms with Crippen molar-refractivity contribution < 1.29 is 9.53 Å². The van der Waals surface area contributed by atoms with Crippen LogP contribution in [0.25, 0.3) is 10.8 Å². The normalized spacial score (nSPS) is 17.1. The van der Waals surface area contributed by atoms with Gasteiger partial charge in [-0.15, -0.1) is 0 Å². The molecule has 0 N–H and O–H groups in total. The van der Waals surface area contributed by atoms with Crippen molar-refractivity contribution in [1.82, 2.24) is 4.90 Å². The van der Waals surface area contributed by atoms with Crippen molar-refractivity contribution in [1.29, 1.82) is 0 Å². The monoisotopic (exact) mass is 359 g/mol. The molecule has 0 aliphatic carbocycles. The third-order valence-corrected chi connectivity index (χ3v) is 5.29. The second-order valence-electron chi connectivity index (χ2n) is 7.46. The van der Waals surface area contributed by atoms with Crippen LogP contribution in [-0.2, 0) is 6.61 Å². The van der Waals surface area contributed by atoms with E-state index in [1.54, 1.807) is 0 Å². The van der Waals surface area contributed by atoms with E-state index in [9.17, 15) is 4.79 Å². The lowest BCUT2D eigenvalue weighted by Gasteiger charge is -2.31. The highest BCUT2D eigenvalue weighted by Crippen LogP contribution is 2.26. The van der Waals surface area contributed by atoms with Crippen LogP contribution in [0.4, 0.5) is 0 Å². The van der Waals surface area contributed by atoms with Crippen molar-refractivity contribution in [3.8, 4) is 5.75 Å². The van der Waals surface area contributed by atoms with Crippen LogP contribution >= 0.6 is 0 Å². The first-order valence-corrected chi connectivity index (χ1v) is 9.69. The van der Waals surface area contributed by atoms with Gasteiger partial charge in [0.2, 0.25) is 0 Å². The van der Waals surface area contributed by atoms with Gasteiger partial charge in [0.1, 0.15) is 12.4 Å². The molecule has 4 rings (SSSR count). The molecule has 0 bridgehead atoms. The van der Waals surface area contributed by atoms with Gasteiger partial charge in [0.25, 0.3) is 5.91 Å². The highest BCUT2D eigenvalue weighted by atomic mass is 16.5. The number of likely N-dealkylation sites (tertiary alicyclic amines) is 1. The minimum absolute atomic E-state index is 0.142. The standard InChI is InChI=1S/C24H25NO2/c1-18-6-5-15-25(16-18)24(26)21-13-11-19(12-14-21)17-27-23-10-4-8-20-7-2-3-9-22(20)23/h2-4,7-14,18H,5-6,15-17H2,1H3/t18-/m1/s1. The first-order valence-electron chi connectivity index (χ1n) is 9.69. The van der Waals surface area contributed by atoms with E-state index in [1.165, 1.54) is 11.8 Å². The minimum atomic E-state index is 0.142. The highest BCUT2D eigenvalue weighted by molar-refractivity contribution is 5.94. The second kappa shape index (κ2) is 7.83. The van der Waals surface area contributed by atoms with Crippen LogP contribution in [0.3, 0.4) is 0 Å². The lowest BCUT2D eigenvalue weighted by atomic mass is 9.99. The summed E-state index contributed by atoms with van der Waals surface area (Å²) in [6.45, 7) is 4.44. The molecule has 0 spiro atoms. The molecule has 138 valence electrons. The van der Waals surface area contributed by atoms with Crippen molar-refractivity contribution in [3.05, 3.63) is 77.9 Å². The van der Waals surface area contributed by atoms with E-state index in [0.29, 0.717) is 12.5 Å². The summed E-state index contributed by atoms with van der Waals surface area (Å²) in [5, 5.41) is 2.29. The topological polar surface area (TPSA) is 29.5 Å². The molecule has 3 aromatic rings. The number of amides is 1. The van der Waals surface area contributed by atoms with Crippen molar-refractivity contribution in [2.24, 2.45) is 5.92 Å². The molecule has 0 unspecified atom stereocenters. The molecular weight excluding hydrogens is 334 g/mol. The molecule has 1 amide bonds. The van der Waals surface area contributed by atoms with E-state index < -0.39 is 0 Å². The van der Waals surface area contributed by atoms with Crippen LogP contribution in [0.5, 0.6) is 5.75 Å². The predicted octanol–water partition coefficient (Wildman–Crippen LogP) is 5.29. The molecular formula is C24H25NO2. The fraction of sp³-hybridized carbons (Fsp3) is 0.292. The number of piperidine rings is 1. The zero-order valence-corrected chi connectivity index (χ0v) is 15.7. The first-order chi connectivity index (χ1) is 13.2. The van der Waals surface area contributed by atoms with Gasteiger partial charge in [0, 0.05) is 24.0 Å². The quantitative estimate of drug-likeness (QED) is 0.633. The lowest BCUT2D eigenvalue weighted by molar-refractivity contribution is 0.0683. The highest BCUT2D eigenvalue weighted by Gasteiger charge is 2.21. The van der Waals surface area contributed by atoms with Crippen molar-refractivity contribution in [2.45, 2.75) is 26.4 Å². The zero-order valence-electron chi connectivity index (χ0n) is 15.7. The van der Waals surface area contributed by atoms with Crippen LogP contribution in [0, 0.1) is 5.92 Å². The predicted molar refractivity (Wildman–Crippen MR) is 109 cm³/mol. The minimum Gasteiger partial charge on any atom is -0.488 e. The van der Waals surface area contributed by atoms with Crippen LogP contribution in [-0.4, -0.2) is 23.9 Å². The van der Waals surface area contributed by atoms with Gasteiger partial charge in [-0.05, 0) is 47.9 Å². The molecule has 1 heterocycles. The van der Waals surface area contributed by atoms with Crippen LogP contribution in [0.15, 0.2) is 66.7 Å². The Hall–Kier alpha value is -2.81. The summed E-state index contributed by atoms with van der Waals surface area (Å²) in [6.07, 6.45) is 2.32. The number of ether oxygens (including phenoxy) is 1. The van der Waals surface area contributed by atoms with Crippen LogP contribution in [0.2, 0.25) is 0 Å². The average molecular weight is 359 g/mol. The molecule has 0 saturated carbocycles. The van der Waals surface area contributed by atoms with Gasteiger partial charge in [0.15, 0.2) is 0 Å². The molecule has 0 aromatic heterocycles. The Bertz CT molecular complexity index is 927. The summed E-state index contributed by atoms with van der Waals surface area (Å²) in [7, 11) is 0. The van der Waals surface area contributed by atoms with Gasteiger partial charge in [0.05, 0.1) is 0 Å². The molecule has 27 heavy (non-hydrogen) atoms. The Morgan fingerprint density at radius 2 is 1.81 bits per heavy atom. The number of fused-ring (bicyclic) bond motifs is 1. The van der Waals surface area contributed by atoms with E-state index >= 15 is 0 Å². The third-order valence-electron chi connectivity index (χ3n) is 5.29. The number of hydrogen-bond donors (Lipinski definition) is 0. The molecule has 3 heteroatoms. The Labute approximate surface area is 160 Å². The van der Waals surface area contributed by atoms with E-state index in [0.717, 1.165) is 41.8 Å². The summed E-state index contributed by atoms with van der Waals surface area (Å²) < 4.78 is 6.04. The average Bonchev–Trinajstić information content (AvgIpc) is 2.72. The number of benzene rings is 3. The molecule has 1 saturated heterocycles. The maximum atomic E-state index is 12.7. The van der Waals surface area contributed by atoms with Crippen LogP contribution in [0.1, 0.15) is 35.7 Å². The molecule has 0 radical (unpaired) electrons. The third kappa shape index (κ3) is 3.97. The van der Waals surface area contributed by atoms with Crippen molar-refractivity contribution >= 4 is 16.7 Å². The fourth-order valence-electron chi connectivity index (χ4n) is 3.78. The molecule has 1 aliphatic rings. The molecule has 3 aromatic carbocycles. The number of rotatable bonds is 4. The van der Waals surface area contributed by atoms with Crippen molar-refractivity contribution in [3.63, 3.8) is 0 Å². The van der Waals surface area contributed by atoms with E-state index in [4.69, 9.17) is 4.74 Å². The maximum Gasteiger partial charge on any atom is 0.253 e. The molecule has 3 nitrogen and oxygen atoms in total.